The lowest BCUT2D eigenvalue weighted by atomic mass is 10.2. The molecule has 3 N–H and O–H groups in total. The van der Waals surface area contributed by atoms with Crippen LogP contribution < -0.4 is 11.1 Å². The minimum absolute atomic E-state index is 0.206. The van der Waals surface area contributed by atoms with Crippen LogP contribution in [-0.4, -0.2) is 46.8 Å². The molecular formula is C13H25N5O. The third-order valence-electron chi connectivity index (χ3n) is 3.42. The summed E-state index contributed by atoms with van der Waals surface area (Å²) in [7, 11) is 2.06. The minimum atomic E-state index is -0.206. The second kappa shape index (κ2) is 7.13. The number of nitrogen functional groups attached to an aromatic ring is 1. The molecular weight excluding hydrogens is 242 g/mol. The molecule has 0 saturated carbocycles. The highest BCUT2D eigenvalue weighted by Gasteiger charge is 2.14. The molecule has 1 aromatic heterocycles. The first-order valence-corrected chi connectivity index (χ1v) is 6.80. The first-order valence-electron chi connectivity index (χ1n) is 6.80. The lowest BCUT2D eigenvalue weighted by Gasteiger charge is -2.23. The maximum Gasteiger partial charge on any atom is 0.273 e. The van der Waals surface area contributed by atoms with Crippen LogP contribution in [0.4, 0.5) is 5.69 Å². The maximum absolute atomic E-state index is 11.9. The highest BCUT2D eigenvalue weighted by Crippen LogP contribution is 2.08. The number of carbonyl (C=O) groups excluding carboxylic acids is 1. The molecule has 0 aliphatic rings. The molecule has 1 aromatic rings. The minimum Gasteiger partial charge on any atom is -0.396 e. The van der Waals surface area contributed by atoms with Gasteiger partial charge < -0.3 is 16.0 Å². The summed E-state index contributed by atoms with van der Waals surface area (Å²) in [6, 6.07) is 0.515. The van der Waals surface area contributed by atoms with Crippen LogP contribution in [0.5, 0.6) is 0 Å². The van der Waals surface area contributed by atoms with Crippen LogP contribution in [0.2, 0.25) is 0 Å². The Morgan fingerprint density at radius 2 is 2.26 bits per heavy atom. The molecule has 108 valence electrons. The fourth-order valence-electron chi connectivity index (χ4n) is 1.74. The van der Waals surface area contributed by atoms with Gasteiger partial charge in [-0.15, -0.1) is 0 Å². The number of aromatic nitrogens is 2. The number of anilines is 1. The van der Waals surface area contributed by atoms with Gasteiger partial charge in [0.05, 0.1) is 5.69 Å². The summed E-state index contributed by atoms with van der Waals surface area (Å²) in [5.74, 6) is -0.206. The normalized spacial score (nSPS) is 12.7. The first-order chi connectivity index (χ1) is 8.99. The van der Waals surface area contributed by atoms with Crippen molar-refractivity contribution in [2.24, 2.45) is 0 Å². The third-order valence-corrected chi connectivity index (χ3v) is 3.42. The van der Waals surface area contributed by atoms with Crippen LogP contribution in [0.1, 0.15) is 37.7 Å². The van der Waals surface area contributed by atoms with E-state index in [2.05, 4.69) is 36.2 Å². The molecule has 0 aliphatic heterocycles. The lowest BCUT2D eigenvalue weighted by Crippen LogP contribution is -2.37. The fourth-order valence-corrected chi connectivity index (χ4v) is 1.74. The number of amides is 1. The highest BCUT2D eigenvalue weighted by atomic mass is 16.2. The molecule has 6 nitrogen and oxygen atoms in total. The van der Waals surface area contributed by atoms with Gasteiger partial charge in [-0.2, -0.15) is 5.10 Å². The van der Waals surface area contributed by atoms with Gasteiger partial charge in [0.15, 0.2) is 5.69 Å². The Morgan fingerprint density at radius 1 is 1.58 bits per heavy atom. The Hall–Kier alpha value is -1.56. The zero-order valence-corrected chi connectivity index (χ0v) is 12.3. The average molecular weight is 267 g/mol. The molecule has 6 heteroatoms. The Morgan fingerprint density at radius 3 is 2.79 bits per heavy atom. The van der Waals surface area contributed by atoms with Gasteiger partial charge in [-0.25, -0.2) is 0 Å². The molecule has 0 spiro atoms. The Labute approximate surface area is 114 Å². The van der Waals surface area contributed by atoms with E-state index >= 15 is 0 Å². The average Bonchev–Trinajstić information content (AvgIpc) is 2.78. The molecule has 0 fully saturated rings. The summed E-state index contributed by atoms with van der Waals surface area (Å²) in [4.78, 5) is 14.1. The Balaban J connectivity index is 2.45. The van der Waals surface area contributed by atoms with Gasteiger partial charge in [0.1, 0.15) is 0 Å². The van der Waals surface area contributed by atoms with Crippen molar-refractivity contribution in [1.29, 1.82) is 0 Å². The molecule has 0 bridgehead atoms. The molecule has 0 radical (unpaired) electrons. The number of nitrogens with two attached hydrogens (primary N) is 1. The summed E-state index contributed by atoms with van der Waals surface area (Å²) in [6.07, 6.45) is 2.78. The highest BCUT2D eigenvalue weighted by molar-refractivity contribution is 5.96. The first kappa shape index (κ1) is 15.5. The van der Waals surface area contributed by atoms with E-state index in [1.807, 2.05) is 6.92 Å². The van der Waals surface area contributed by atoms with Gasteiger partial charge >= 0.3 is 0 Å². The summed E-state index contributed by atoms with van der Waals surface area (Å²) < 4.78 is 1.66. The number of hydrogen-bond acceptors (Lipinski definition) is 4. The van der Waals surface area contributed by atoms with E-state index in [0.29, 0.717) is 30.5 Å². The van der Waals surface area contributed by atoms with E-state index in [1.54, 1.807) is 10.9 Å². The van der Waals surface area contributed by atoms with Crippen LogP contribution in [0, 0.1) is 0 Å². The number of hydrogen-bond donors (Lipinski definition) is 2. The van der Waals surface area contributed by atoms with Crippen LogP contribution in [0.3, 0.4) is 0 Å². The number of nitrogens with one attached hydrogen (secondary N) is 1. The molecule has 0 aliphatic carbocycles. The van der Waals surface area contributed by atoms with Gasteiger partial charge in [-0.05, 0) is 27.3 Å². The molecule has 0 aromatic carbocycles. The van der Waals surface area contributed by atoms with Gasteiger partial charge in [0.25, 0.3) is 5.91 Å². The predicted molar refractivity (Wildman–Crippen MR) is 77.0 cm³/mol. The summed E-state index contributed by atoms with van der Waals surface area (Å²) in [5.41, 5.74) is 6.50. The van der Waals surface area contributed by atoms with Crippen molar-refractivity contribution in [1.82, 2.24) is 20.0 Å². The van der Waals surface area contributed by atoms with Crippen molar-refractivity contribution in [2.45, 2.75) is 39.8 Å². The number of carbonyl (C=O) groups is 1. The molecule has 1 atom stereocenters. The summed E-state index contributed by atoms with van der Waals surface area (Å²) >= 11 is 0. The summed E-state index contributed by atoms with van der Waals surface area (Å²) in [6.45, 7) is 8.39. The zero-order chi connectivity index (χ0) is 14.4. The standard InChI is InChI=1S/C13H25N5O/c1-5-10(3)17(4)8-7-15-13(19)12-11(14)9-18(6-2)16-12/h9-10H,5-8,14H2,1-4H3,(H,15,19). The second-order valence-electron chi connectivity index (χ2n) is 4.78. The van der Waals surface area contributed by atoms with Crippen molar-refractivity contribution in [2.75, 3.05) is 25.9 Å². The maximum atomic E-state index is 11.9. The van der Waals surface area contributed by atoms with Crippen molar-refractivity contribution in [3.63, 3.8) is 0 Å². The van der Waals surface area contributed by atoms with Crippen molar-refractivity contribution in [3.8, 4) is 0 Å². The van der Waals surface area contributed by atoms with Crippen molar-refractivity contribution in [3.05, 3.63) is 11.9 Å². The number of nitrogens with zero attached hydrogens (tertiary/aromatic N) is 3. The second-order valence-corrected chi connectivity index (χ2v) is 4.78. The molecule has 0 saturated heterocycles. The largest absolute Gasteiger partial charge is 0.396 e. The lowest BCUT2D eigenvalue weighted by molar-refractivity contribution is 0.0942. The molecule has 1 amide bonds. The van der Waals surface area contributed by atoms with E-state index in [-0.39, 0.29) is 5.91 Å². The van der Waals surface area contributed by atoms with E-state index in [4.69, 9.17) is 5.73 Å². The van der Waals surface area contributed by atoms with E-state index < -0.39 is 0 Å². The van der Waals surface area contributed by atoms with Crippen LogP contribution >= 0.6 is 0 Å². The molecule has 1 rings (SSSR count). The summed E-state index contributed by atoms with van der Waals surface area (Å²) in [5, 5.41) is 6.99. The molecule has 1 unspecified atom stereocenters. The SMILES string of the molecule is CCC(C)N(C)CCNC(=O)c1nn(CC)cc1N. The number of aryl methyl sites for hydroxylation is 1. The van der Waals surface area contributed by atoms with Crippen LogP contribution in [0.25, 0.3) is 0 Å². The number of likely N-dealkylation sites (N-methyl/N-ethyl adjacent to an activating group) is 1. The van der Waals surface area contributed by atoms with Crippen LogP contribution in [-0.2, 0) is 6.54 Å². The van der Waals surface area contributed by atoms with Gasteiger partial charge in [-0.1, -0.05) is 6.92 Å². The van der Waals surface area contributed by atoms with Crippen LogP contribution in [0.15, 0.2) is 6.20 Å². The van der Waals surface area contributed by atoms with E-state index in [0.717, 1.165) is 13.0 Å². The van der Waals surface area contributed by atoms with Crippen molar-refractivity contribution < 1.29 is 4.79 Å². The quantitative estimate of drug-likeness (QED) is 0.771. The van der Waals surface area contributed by atoms with Gasteiger partial charge in [-0.3, -0.25) is 9.48 Å². The fraction of sp³-hybridized carbons (Fsp3) is 0.692. The topological polar surface area (TPSA) is 76.2 Å². The number of rotatable bonds is 7. The van der Waals surface area contributed by atoms with Gasteiger partial charge in [0, 0.05) is 31.9 Å². The predicted octanol–water partition coefficient (Wildman–Crippen LogP) is 0.945. The Bertz CT molecular complexity index is 415. The molecule has 19 heavy (non-hydrogen) atoms. The van der Waals surface area contributed by atoms with E-state index in [1.165, 1.54) is 0 Å². The zero-order valence-electron chi connectivity index (χ0n) is 12.3. The van der Waals surface area contributed by atoms with Crippen molar-refractivity contribution >= 4 is 11.6 Å². The van der Waals surface area contributed by atoms with Gasteiger partial charge in [0.2, 0.25) is 0 Å². The molecule has 1 heterocycles. The van der Waals surface area contributed by atoms with E-state index in [9.17, 15) is 4.79 Å². The smallest absolute Gasteiger partial charge is 0.273 e. The monoisotopic (exact) mass is 267 g/mol. The Kier molecular flexibility index (Phi) is 5.82. The third kappa shape index (κ3) is 4.24.